The van der Waals surface area contributed by atoms with Crippen LogP contribution in [-0.2, 0) is 9.47 Å². The number of ether oxygens (including phenoxy) is 2. The van der Waals surface area contributed by atoms with Crippen molar-refractivity contribution in [2.24, 2.45) is 5.92 Å². The first-order chi connectivity index (χ1) is 16.7. The Bertz CT molecular complexity index is 765. The van der Waals surface area contributed by atoms with Crippen molar-refractivity contribution in [1.29, 1.82) is 0 Å². The number of carbonyl (C=O) groups is 1. The van der Waals surface area contributed by atoms with Crippen LogP contribution >= 0.6 is 0 Å². The van der Waals surface area contributed by atoms with E-state index in [4.69, 9.17) is 9.47 Å². The van der Waals surface area contributed by atoms with E-state index in [-0.39, 0.29) is 42.5 Å². The highest BCUT2D eigenvalue weighted by atomic mass is 28.3. The number of carbonyl (C=O) groups excluding carboxylic acids is 1. The summed E-state index contributed by atoms with van der Waals surface area (Å²) in [5, 5.41) is 22.6. The lowest BCUT2D eigenvalue weighted by atomic mass is 9.71. The van der Waals surface area contributed by atoms with Crippen LogP contribution in [0.1, 0.15) is 45.4 Å². The van der Waals surface area contributed by atoms with Crippen molar-refractivity contribution in [3.05, 3.63) is 0 Å². The number of urea groups is 1. The number of fused-ring (bicyclic) bond motifs is 2. The van der Waals surface area contributed by atoms with Gasteiger partial charge < -0.3 is 19.9 Å². The van der Waals surface area contributed by atoms with Crippen LogP contribution in [0.25, 0.3) is 0 Å². The number of nitrogens with one attached hydrogen (secondary N) is 3. The van der Waals surface area contributed by atoms with E-state index in [9.17, 15) is 9.90 Å². The maximum Gasteiger partial charge on any atom is 0.324 e. The van der Waals surface area contributed by atoms with Gasteiger partial charge in [0.2, 0.25) is 0 Å². The lowest BCUT2D eigenvalue weighted by molar-refractivity contribution is -0.0887. The van der Waals surface area contributed by atoms with Crippen molar-refractivity contribution in [1.82, 2.24) is 25.8 Å². The van der Waals surface area contributed by atoms with E-state index >= 15 is 0 Å². The third-order valence-electron chi connectivity index (χ3n) is 9.00. The second kappa shape index (κ2) is 10.2. The van der Waals surface area contributed by atoms with Crippen LogP contribution in [-0.4, -0.2) is 104 Å². The summed E-state index contributed by atoms with van der Waals surface area (Å²) in [6, 6.07) is 1.58. The molecule has 0 spiro atoms. The molecule has 35 heavy (non-hydrogen) atoms. The summed E-state index contributed by atoms with van der Waals surface area (Å²) < 4.78 is 12.5. The second-order valence-electron chi connectivity index (χ2n) is 12.8. The molecule has 5 rings (SSSR count). The Kier molecular flexibility index (Phi) is 7.53. The number of hydrogen-bond donors (Lipinski definition) is 4. The van der Waals surface area contributed by atoms with Gasteiger partial charge in [-0.3, -0.25) is 20.4 Å². The smallest absolute Gasteiger partial charge is 0.324 e. The number of hydrogen-bond acceptors (Lipinski definition) is 7. The SMILES string of the molecule is C[C@]1(O)CCCOC2CCNC3C2N(C(=O)N3COCC[Si](C)(C)C)C2CCC3NCCC1C3N2. The van der Waals surface area contributed by atoms with Crippen LogP contribution in [0.5, 0.6) is 0 Å². The molecule has 4 N–H and O–H groups in total. The molecule has 2 bridgehead atoms. The molecule has 10 heteroatoms. The maximum absolute atomic E-state index is 13.9. The molecule has 0 aromatic rings. The van der Waals surface area contributed by atoms with Gasteiger partial charge in [-0.1, -0.05) is 19.6 Å². The Balaban J connectivity index is 1.39. The Morgan fingerprint density at radius 2 is 1.97 bits per heavy atom. The summed E-state index contributed by atoms with van der Waals surface area (Å²) in [5.74, 6) is 0.158. The summed E-state index contributed by atoms with van der Waals surface area (Å²) in [7, 11) is -1.19. The van der Waals surface area contributed by atoms with Crippen molar-refractivity contribution < 1.29 is 19.4 Å². The summed E-state index contributed by atoms with van der Waals surface area (Å²) in [6.45, 7) is 12.4. The van der Waals surface area contributed by atoms with Gasteiger partial charge in [-0.25, -0.2) is 4.79 Å². The molecule has 0 radical (unpaired) electrons. The molecule has 7 unspecified atom stereocenters. The Labute approximate surface area is 211 Å². The lowest BCUT2D eigenvalue weighted by Crippen LogP contribution is -2.70. The minimum Gasteiger partial charge on any atom is -0.390 e. The van der Waals surface area contributed by atoms with Crippen LogP contribution in [0.2, 0.25) is 25.7 Å². The minimum absolute atomic E-state index is 0.0126. The van der Waals surface area contributed by atoms with E-state index in [0.717, 1.165) is 57.7 Å². The largest absolute Gasteiger partial charge is 0.390 e. The fourth-order valence-electron chi connectivity index (χ4n) is 7.02. The number of amides is 2. The molecule has 0 saturated carbocycles. The Morgan fingerprint density at radius 1 is 1.17 bits per heavy atom. The predicted molar refractivity (Wildman–Crippen MR) is 138 cm³/mol. The maximum atomic E-state index is 13.9. The first kappa shape index (κ1) is 25.9. The molecular weight excluding hydrogens is 462 g/mol. The van der Waals surface area contributed by atoms with E-state index in [0.29, 0.717) is 26.0 Å². The normalized spacial score (nSPS) is 42.3. The molecular formula is C25H47N5O4Si. The Morgan fingerprint density at radius 3 is 2.77 bits per heavy atom. The average molecular weight is 510 g/mol. The van der Waals surface area contributed by atoms with Gasteiger partial charge >= 0.3 is 6.03 Å². The summed E-state index contributed by atoms with van der Waals surface area (Å²) in [4.78, 5) is 17.9. The molecule has 5 heterocycles. The van der Waals surface area contributed by atoms with Gasteiger partial charge in [0.05, 0.1) is 23.9 Å². The first-order valence-electron chi connectivity index (χ1n) is 13.9. The van der Waals surface area contributed by atoms with Crippen molar-refractivity contribution in [3.8, 4) is 0 Å². The molecule has 5 aliphatic rings. The molecule has 9 nitrogen and oxygen atoms in total. The fourth-order valence-corrected chi connectivity index (χ4v) is 7.78. The van der Waals surface area contributed by atoms with E-state index in [1.807, 2.05) is 11.8 Å². The summed E-state index contributed by atoms with van der Waals surface area (Å²) in [6.07, 6.45) is 5.12. The van der Waals surface area contributed by atoms with Crippen LogP contribution in [0.3, 0.4) is 0 Å². The highest BCUT2D eigenvalue weighted by Crippen LogP contribution is 2.39. The van der Waals surface area contributed by atoms with Crippen LogP contribution in [0, 0.1) is 5.92 Å². The molecule has 5 fully saturated rings. The van der Waals surface area contributed by atoms with Crippen molar-refractivity contribution in [2.45, 2.75) is 113 Å². The second-order valence-corrected chi connectivity index (χ2v) is 18.4. The molecule has 5 aliphatic heterocycles. The molecule has 5 saturated heterocycles. The van der Waals surface area contributed by atoms with Gasteiger partial charge in [0.15, 0.2) is 0 Å². The number of aliphatic hydroxyl groups is 1. The fraction of sp³-hybridized carbons (Fsp3) is 0.960. The number of piperidine rings is 3. The van der Waals surface area contributed by atoms with Crippen LogP contribution in [0.15, 0.2) is 0 Å². The van der Waals surface area contributed by atoms with E-state index in [2.05, 4.69) is 40.5 Å². The monoisotopic (exact) mass is 509 g/mol. The first-order valence-corrected chi connectivity index (χ1v) is 17.6. The lowest BCUT2D eigenvalue weighted by Gasteiger charge is -2.52. The van der Waals surface area contributed by atoms with E-state index < -0.39 is 13.7 Å². The zero-order chi connectivity index (χ0) is 24.8. The van der Waals surface area contributed by atoms with Crippen molar-refractivity contribution in [2.75, 3.05) is 33.0 Å². The summed E-state index contributed by atoms with van der Waals surface area (Å²) in [5.41, 5.74) is -0.746. The van der Waals surface area contributed by atoms with Crippen LogP contribution in [0.4, 0.5) is 4.79 Å². The molecule has 8 atom stereocenters. The molecule has 200 valence electrons. The molecule has 0 aliphatic carbocycles. The highest BCUT2D eigenvalue weighted by molar-refractivity contribution is 6.76. The zero-order valence-electron chi connectivity index (χ0n) is 22.1. The summed E-state index contributed by atoms with van der Waals surface area (Å²) >= 11 is 0. The highest BCUT2D eigenvalue weighted by Gasteiger charge is 2.56. The van der Waals surface area contributed by atoms with Gasteiger partial charge in [-0.2, -0.15) is 0 Å². The number of rotatable bonds is 5. The van der Waals surface area contributed by atoms with E-state index in [1.165, 1.54) is 0 Å². The standard InChI is InChI=1S/C25H47N5O4Si/c1-25(32)10-5-13-34-19-9-12-27-23-22(19)30(24(31)29(23)16-33-14-15-35(2,3)4)20-7-6-18-21(28-20)17(25)8-11-26-18/h17-23,26-28,32H,5-16H2,1-4H3/t17?,18?,19?,20?,21?,22?,23?,25-/m0/s1. The quantitative estimate of drug-likeness (QED) is 0.331. The van der Waals surface area contributed by atoms with Gasteiger partial charge in [0, 0.05) is 39.3 Å². The number of nitrogens with zero attached hydrogens (tertiary/aromatic N) is 2. The third-order valence-corrected chi connectivity index (χ3v) is 10.7. The van der Waals surface area contributed by atoms with Gasteiger partial charge in [-0.05, 0) is 64.6 Å². The Hall–Kier alpha value is -0.753. The zero-order valence-corrected chi connectivity index (χ0v) is 23.1. The topological polar surface area (TPSA) is 98.3 Å². The van der Waals surface area contributed by atoms with Crippen LogP contribution < -0.4 is 16.0 Å². The molecule has 0 aromatic heterocycles. The predicted octanol–water partition coefficient (Wildman–Crippen LogP) is 1.71. The van der Waals surface area contributed by atoms with Gasteiger partial charge in [-0.15, -0.1) is 0 Å². The minimum atomic E-state index is -1.19. The molecule has 2 amide bonds. The molecule has 0 aromatic carbocycles. The van der Waals surface area contributed by atoms with E-state index in [1.54, 1.807) is 0 Å². The van der Waals surface area contributed by atoms with Crippen molar-refractivity contribution >= 4 is 14.1 Å². The third kappa shape index (κ3) is 5.30. The van der Waals surface area contributed by atoms with Crippen molar-refractivity contribution in [3.63, 3.8) is 0 Å². The average Bonchev–Trinajstić information content (AvgIpc) is 3.09. The van der Waals surface area contributed by atoms with Gasteiger partial charge in [0.25, 0.3) is 0 Å². The van der Waals surface area contributed by atoms with Gasteiger partial charge in [0.1, 0.15) is 12.9 Å².